The van der Waals surface area contributed by atoms with Gasteiger partial charge in [-0.15, -0.1) is 0 Å². The largest absolute Gasteiger partial charge is 2.00 e. The molecule has 0 aliphatic rings. The van der Waals surface area contributed by atoms with E-state index >= 15 is 0 Å². The van der Waals surface area contributed by atoms with Crippen LogP contribution in [0.2, 0.25) is 0 Å². The van der Waals surface area contributed by atoms with Crippen molar-refractivity contribution in [1.82, 2.24) is 0 Å². The van der Waals surface area contributed by atoms with E-state index in [2.05, 4.69) is 0 Å². The van der Waals surface area contributed by atoms with E-state index in [1.807, 2.05) is 0 Å². The second-order valence-corrected chi connectivity index (χ2v) is 3.43. The van der Waals surface area contributed by atoms with Crippen molar-refractivity contribution < 1.29 is 62.3 Å². The Kier molecular flexibility index (Phi) is 12.1. The maximum Gasteiger partial charge on any atom is 2.00 e. The number of rotatable bonds is 4. The molecule has 0 rings (SSSR count). The molecular weight excluding hydrogens is 255 g/mol. The van der Waals surface area contributed by atoms with Crippen LogP contribution in [-0.4, -0.2) is 67.9 Å². The standard InChI is InChI=1S/C4H6O7S.Ca.Na/c5-3(6)1-2(4(7)8)12(9,10)11;;/h2H,1H2,(H,5,6)(H,7,8)(H,9,10,11);;/q;+2;+1/p-3. The first-order valence-corrected chi connectivity index (χ1v) is 4.07. The van der Waals surface area contributed by atoms with E-state index in [0.29, 0.717) is 0 Å². The fourth-order valence-electron chi connectivity index (χ4n) is 0.455. The van der Waals surface area contributed by atoms with Crippen molar-refractivity contribution in [3.8, 4) is 0 Å². The van der Waals surface area contributed by atoms with Crippen LogP contribution in [0.3, 0.4) is 0 Å². The summed E-state index contributed by atoms with van der Waals surface area (Å²) >= 11 is 0. The van der Waals surface area contributed by atoms with Gasteiger partial charge in [-0.25, -0.2) is 8.42 Å². The normalized spacial score (nSPS) is 11.8. The van der Waals surface area contributed by atoms with E-state index in [1.54, 1.807) is 0 Å². The van der Waals surface area contributed by atoms with Gasteiger partial charge in [-0.2, -0.15) is 0 Å². The van der Waals surface area contributed by atoms with Gasteiger partial charge in [-0.05, 0) is 0 Å². The van der Waals surface area contributed by atoms with Gasteiger partial charge < -0.3 is 24.4 Å². The van der Waals surface area contributed by atoms with Crippen LogP contribution in [0.25, 0.3) is 0 Å². The Morgan fingerprint density at radius 3 is 1.64 bits per heavy atom. The molecule has 7 nitrogen and oxygen atoms in total. The molecule has 0 aliphatic heterocycles. The molecule has 0 heterocycles. The average Bonchev–Trinajstić information content (AvgIpc) is 1.79. The monoisotopic (exact) mass is 258 g/mol. The Balaban J connectivity index is -0.000000605. The van der Waals surface area contributed by atoms with Gasteiger partial charge in [-0.1, -0.05) is 0 Å². The van der Waals surface area contributed by atoms with Crippen molar-refractivity contribution in [2.45, 2.75) is 11.7 Å². The van der Waals surface area contributed by atoms with E-state index in [-0.39, 0.29) is 67.3 Å². The minimum Gasteiger partial charge on any atom is -0.747 e. The fourth-order valence-corrected chi connectivity index (χ4v) is 1.03. The molecule has 1 unspecified atom stereocenters. The van der Waals surface area contributed by atoms with E-state index in [0.717, 1.165) is 0 Å². The zero-order valence-electron chi connectivity index (χ0n) is 7.26. The second-order valence-electron chi connectivity index (χ2n) is 1.88. The molecule has 0 aromatic carbocycles. The predicted molar refractivity (Wildman–Crippen MR) is 33.9 cm³/mol. The number of carbonyl (C=O) groups is 2. The first kappa shape index (κ1) is 20.5. The molecule has 0 aromatic heterocycles. The molecular formula is C4H3CaNaO7S. The third-order valence-corrected chi connectivity index (χ3v) is 2.02. The molecule has 0 saturated heterocycles. The summed E-state index contributed by atoms with van der Waals surface area (Å²) in [6, 6.07) is 0. The van der Waals surface area contributed by atoms with Crippen molar-refractivity contribution in [2.24, 2.45) is 0 Å². The number of aliphatic carboxylic acids is 2. The molecule has 0 aromatic rings. The molecule has 70 valence electrons. The summed E-state index contributed by atoms with van der Waals surface area (Å²) in [5.41, 5.74) is 0. The predicted octanol–water partition coefficient (Wildman–Crippen LogP) is -7.59. The van der Waals surface area contributed by atoms with Gasteiger partial charge in [0.25, 0.3) is 0 Å². The van der Waals surface area contributed by atoms with Crippen molar-refractivity contribution in [2.75, 3.05) is 0 Å². The zero-order valence-corrected chi connectivity index (χ0v) is 12.3. The van der Waals surface area contributed by atoms with E-state index < -0.39 is 33.7 Å². The molecule has 0 radical (unpaired) electrons. The molecule has 0 N–H and O–H groups in total. The Bertz CT molecular complexity index is 299. The Morgan fingerprint density at radius 2 is 1.57 bits per heavy atom. The van der Waals surface area contributed by atoms with Gasteiger partial charge in [-0.3, -0.25) is 0 Å². The summed E-state index contributed by atoms with van der Waals surface area (Å²) in [6.07, 6.45) is -1.39. The second kappa shape index (κ2) is 8.28. The number of carboxylic acid groups (broad SMARTS) is 2. The van der Waals surface area contributed by atoms with Crippen molar-refractivity contribution >= 4 is 59.8 Å². The van der Waals surface area contributed by atoms with E-state index in [4.69, 9.17) is 0 Å². The Labute approximate surface area is 132 Å². The fraction of sp³-hybridized carbons (Fsp3) is 0.500. The molecule has 10 heteroatoms. The molecule has 0 aliphatic carbocycles. The molecule has 0 spiro atoms. The van der Waals surface area contributed by atoms with Crippen LogP contribution in [0.1, 0.15) is 6.42 Å². The Morgan fingerprint density at radius 1 is 1.21 bits per heavy atom. The smallest absolute Gasteiger partial charge is 0.747 e. The van der Waals surface area contributed by atoms with Crippen molar-refractivity contribution in [3.05, 3.63) is 0 Å². The van der Waals surface area contributed by atoms with Crippen molar-refractivity contribution in [3.63, 3.8) is 0 Å². The topological polar surface area (TPSA) is 137 Å². The number of hydrogen-bond acceptors (Lipinski definition) is 7. The first-order valence-electron chi connectivity index (χ1n) is 2.60. The Hall–Kier alpha value is 1.11. The summed E-state index contributed by atoms with van der Waals surface area (Å²) < 4.78 is 30.1. The van der Waals surface area contributed by atoms with E-state index in [1.165, 1.54) is 0 Å². The van der Waals surface area contributed by atoms with E-state index in [9.17, 15) is 32.8 Å². The van der Waals surface area contributed by atoms with Crippen LogP contribution >= 0.6 is 0 Å². The van der Waals surface area contributed by atoms with Crippen LogP contribution < -0.4 is 39.8 Å². The van der Waals surface area contributed by atoms with Crippen LogP contribution in [-0.2, 0) is 19.7 Å². The summed E-state index contributed by atoms with van der Waals surface area (Å²) in [7, 11) is -5.19. The summed E-state index contributed by atoms with van der Waals surface area (Å²) in [5, 5.41) is 17.1. The average molecular weight is 258 g/mol. The van der Waals surface area contributed by atoms with Gasteiger partial charge in [0.05, 0.1) is 11.2 Å². The molecule has 0 saturated carbocycles. The van der Waals surface area contributed by atoms with Gasteiger partial charge in [0.15, 0.2) is 0 Å². The third kappa shape index (κ3) is 8.42. The minimum atomic E-state index is -5.19. The van der Waals surface area contributed by atoms with Gasteiger partial charge in [0.1, 0.15) is 10.1 Å². The number of carboxylic acids is 2. The molecule has 14 heavy (non-hydrogen) atoms. The first-order chi connectivity index (χ1) is 5.25. The van der Waals surface area contributed by atoms with Crippen LogP contribution in [0.15, 0.2) is 0 Å². The summed E-state index contributed by atoms with van der Waals surface area (Å²) in [4.78, 5) is 19.7. The molecule has 1 atom stereocenters. The van der Waals surface area contributed by atoms with Gasteiger partial charge in [0.2, 0.25) is 0 Å². The number of carbonyl (C=O) groups excluding carboxylic acids is 2. The summed E-state index contributed by atoms with van der Waals surface area (Å²) in [5.74, 6) is -4.18. The molecule has 0 bridgehead atoms. The van der Waals surface area contributed by atoms with Crippen LogP contribution in [0, 0.1) is 0 Å². The zero-order chi connectivity index (χ0) is 9.94. The van der Waals surface area contributed by atoms with Gasteiger partial charge in [0, 0.05) is 12.4 Å². The third-order valence-electron chi connectivity index (χ3n) is 0.963. The molecule has 0 amide bonds. The number of hydrogen-bond donors (Lipinski definition) is 0. The maximum atomic E-state index is 10.0. The maximum absolute atomic E-state index is 10.0. The quantitative estimate of drug-likeness (QED) is 0.360. The van der Waals surface area contributed by atoms with Crippen LogP contribution in [0.5, 0.6) is 0 Å². The van der Waals surface area contributed by atoms with Crippen molar-refractivity contribution in [1.29, 1.82) is 0 Å². The SMILES string of the molecule is O=C([O-])CC(C(=O)[O-])S(=O)(=O)[O-].[Ca+2].[Na+]. The summed E-state index contributed by atoms with van der Waals surface area (Å²) in [6.45, 7) is 0. The van der Waals surface area contributed by atoms with Crippen LogP contribution in [0.4, 0.5) is 0 Å². The molecule has 0 fully saturated rings. The van der Waals surface area contributed by atoms with Gasteiger partial charge >= 0.3 is 67.3 Å². The minimum absolute atomic E-state index is 0.